The van der Waals surface area contributed by atoms with Crippen molar-refractivity contribution in [3.05, 3.63) is 12.2 Å². The summed E-state index contributed by atoms with van der Waals surface area (Å²) in [6.07, 6.45) is 7.45. The molecule has 1 amide bonds. The molecule has 144 valence electrons. The van der Waals surface area contributed by atoms with E-state index in [1.807, 2.05) is 19.1 Å². The largest absolute Gasteiger partial charge is 0.481 e. The molecule has 0 saturated heterocycles. The lowest BCUT2D eigenvalue weighted by molar-refractivity contribution is -0.137. The smallest absolute Gasteiger partial charge is 0.407 e. The van der Waals surface area contributed by atoms with Crippen molar-refractivity contribution in [2.45, 2.75) is 63.4 Å². The number of halogens is 1. The Balaban J connectivity index is 2.38. The van der Waals surface area contributed by atoms with Crippen LogP contribution in [0.3, 0.4) is 0 Å². The van der Waals surface area contributed by atoms with E-state index in [0.717, 1.165) is 12.8 Å². The number of carboxylic acids is 1. The molecule has 0 radical (unpaired) electrons. The maximum absolute atomic E-state index is 11.6. The zero-order chi connectivity index (χ0) is 18.7. The summed E-state index contributed by atoms with van der Waals surface area (Å²) in [4.78, 5) is 22.1. The van der Waals surface area contributed by atoms with Gasteiger partial charge >= 0.3 is 12.1 Å². The highest BCUT2D eigenvalue weighted by atomic mass is 35.5. The Hall–Kier alpha value is -1.27. The highest BCUT2D eigenvalue weighted by Crippen LogP contribution is 2.38. The lowest BCUT2D eigenvalue weighted by Crippen LogP contribution is -2.31. The van der Waals surface area contributed by atoms with Crippen molar-refractivity contribution in [1.29, 1.82) is 0 Å². The Morgan fingerprint density at radius 2 is 2.04 bits per heavy atom. The third-order valence-electron chi connectivity index (χ3n) is 4.52. The van der Waals surface area contributed by atoms with Gasteiger partial charge in [0.1, 0.15) is 0 Å². The standard InChI is InChI=1S/C18H30ClNO5/c1-2-3-10-20-18(24)25-12-14-13(15(19)11-16(14)21)8-6-4-5-7-9-17(22)23/h4,6,13-16,21H,2-3,5,7-12H2,1H3,(H,20,24)(H,22,23)/b6-4-/t13-,14-,15+,16-/m1/s1. The number of aliphatic hydroxyl groups is 1. The number of ether oxygens (including phenoxy) is 1. The number of hydrogen-bond donors (Lipinski definition) is 3. The van der Waals surface area contributed by atoms with E-state index in [1.54, 1.807) is 0 Å². The van der Waals surface area contributed by atoms with Crippen molar-refractivity contribution in [1.82, 2.24) is 5.32 Å². The van der Waals surface area contributed by atoms with E-state index >= 15 is 0 Å². The van der Waals surface area contributed by atoms with Gasteiger partial charge in [-0.1, -0.05) is 25.5 Å². The number of carboxylic acid groups (broad SMARTS) is 1. The van der Waals surface area contributed by atoms with Gasteiger partial charge in [0, 0.05) is 24.3 Å². The molecule has 1 fully saturated rings. The van der Waals surface area contributed by atoms with Crippen LogP contribution in [-0.4, -0.2) is 46.9 Å². The van der Waals surface area contributed by atoms with Crippen molar-refractivity contribution in [3.63, 3.8) is 0 Å². The first-order chi connectivity index (χ1) is 12.0. The molecule has 4 atom stereocenters. The van der Waals surface area contributed by atoms with E-state index < -0.39 is 18.2 Å². The molecule has 0 aromatic rings. The molecule has 1 aliphatic rings. The molecule has 0 aromatic carbocycles. The van der Waals surface area contributed by atoms with Gasteiger partial charge in [-0.2, -0.15) is 0 Å². The molecule has 0 unspecified atom stereocenters. The first kappa shape index (κ1) is 21.8. The van der Waals surface area contributed by atoms with Crippen LogP contribution in [-0.2, 0) is 9.53 Å². The second-order valence-electron chi connectivity index (χ2n) is 6.52. The van der Waals surface area contributed by atoms with Crippen LogP contribution in [0.5, 0.6) is 0 Å². The minimum atomic E-state index is -0.789. The summed E-state index contributed by atoms with van der Waals surface area (Å²) < 4.78 is 5.23. The summed E-state index contributed by atoms with van der Waals surface area (Å²) in [5.74, 6) is -0.929. The zero-order valence-electron chi connectivity index (χ0n) is 14.8. The van der Waals surface area contributed by atoms with Crippen molar-refractivity contribution >= 4 is 23.7 Å². The SMILES string of the molecule is CCCCNC(=O)OC[C@@H]1[C@@H](C/C=C\CCCC(=O)O)[C@@H](Cl)C[C@H]1O. The van der Waals surface area contributed by atoms with Crippen LogP contribution in [0.1, 0.15) is 51.9 Å². The molecular weight excluding hydrogens is 346 g/mol. The molecule has 7 heteroatoms. The van der Waals surface area contributed by atoms with Gasteiger partial charge < -0.3 is 20.3 Å². The van der Waals surface area contributed by atoms with Crippen LogP contribution in [0.4, 0.5) is 4.79 Å². The van der Waals surface area contributed by atoms with Gasteiger partial charge in [-0.15, -0.1) is 11.6 Å². The first-order valence-corrected chi connectivity index (χ1v) is 9.48. The fourth-order valence-corrected chi connectivity index (χ4v) is 3.50. The van der Waals surface area contributed by atoms with Gasteiger partial charge in [0.25, 0.3) is 0 Å². The number of amides is 1. The molecule has 1 rings (SSSR count). The minimum Gasteiger partial charge on any atom is -0.481 e. The quantitative estimate of drug-likeness (QED) is 0.292. The van der Waals surface area contributed by atoms with Gasteiger partial charge in [-0.05, 0) is 38.0 Å². The first-order valence-electron chi connectivity index (χ1n) is 9.05. The number of unbranched alkanes of at least 4 members (excludes halogenated alkanes) is 2. The zero-order valence-corrected chi connectivity index (χ0v) is 15.6. The number of nitrogens with one attached hydrogen (secondary N) is 1. The Morgan fingerprint density at radius 1 is 1.28 bits per heavy atom. The summed E-state index contributed by atoms with van der Waals surface area (Å²) in [6, 6.07) is 0. The number of allylic oxidation sites excluding steroid dienone is 2. The summed E-state index contributed by atoms with van der Waals surface area (Å²) in [5.41, 5.74) is 0. The Morgan fingerprint density at radius 3 is 2.72 bits per heavy atom. The summed E-state index contributed by atoms with van der Waals surface area (Å²) in [5, 5.41) is 21.3. The second-order valence-corrected chi connectivity index (χ2v) is 7.08. The third-order valence-corrected chi connectivity index (χ3v) is 5.02. The van der Waals surface area contributed by atoms with Crippen LogP contribution in [0.25, 0.3) is 0 Å². The number of aliphatic carboxylic acids is 1. The van der Waals surface area contributed by atoms with Crippen molar-refractivity contribution in [2.24, 2.45) is 11.8 Å². The van der Waals surface area contributed by atoms with Gasteiger partial charge in [0.05, 0.1) is 12.7 Å². The number of carbonyl (C=O) groups excluding carboxylic acids is 1. The number of alkyl halides is 1. The fraction of sp³-hybridized carbons (Fsp3) is 0.778. The lowest BCUT2D eigenvalue weighted by atomic mass is 9.92. The maximum atomic E-state index is 11.6. The molecule has 1 saturated carbocycles. The minimum absolute atomic E-state index is 0.0378. The fourth-order valence-electron chi connectivity index (χ4n) is 3.02. The predicted octanol–water partition coefficient (Wildman–Crippen LogP) is 3.32. The molecule has 0 spiro atoms. The van der Waals surface area contributed by atoms with E-state index in [9.17, 15) is 14.7 Å². The van der Waals surface area contributed by atoms with E-state index in [4.69, 9.17) is 21.4 Å². The number of aliphatic hydroxyl groups excluding tert-OH is 1. The van der Waals surface area contributed by atoms with Crippen molar-refractivity contribution in [3.8, 4) is 0 Å². The molecule has 0 bridgehead atoms. The van der Waals surface area contributed by atoms with Crippen molar-refractivity contribution in [2.75, 3.05) is 13.2 Å². The Labute approximate surface area is 154 Å². The van der Waals surface area contributed by atoms with Crippen LogP contribution in [0, 0.1) is 11.8 Å². The molecule has 1 aliphatic carbocycles. The highest BCUT2D eigenvalue weighted by molar-refractivity contribution is 6.21. The maximum Gasteiger partial charge on any atom is 0.407 e. The Bertz CT molecular complexity index is 443. The van der Waals surface area contributed by atoms with E-state index in [-0.39, 0.29) is 30.2 Å². The summed E-state index contributed by atoms with van der Waals surface area (Å²) in [7, 11) is 0. The molecule has 0 aromatic heterocycles. The van der Waals surface area contributed by atoms with E-state index in [1.165, 1.54) is 0 Å². The Kier molecular flexibility index (Phi) is 10.6. The topological polar surface area (TPSA) is 95.9 Å². The summed E-state index contributed by atoms with van der Waals surface area (Å²) >= 11 is 6.34. The average Bonchev–Trinajstić information content (AvgIpc) is 2.82. The van der Waals surface area contributed by atoms with Gasteiger partial charge in [0.2, 0.25) is 0 Å². The molecular formula is C18H30ClNO5. The van der Waals surface area contributed by atoms with Gasteiger partial charge in [-0.25, -0.2) is 4.79 Å². The highest BCUT2D eigenvalue weighted by Gasteiger charge is 2.41. The monoisotopic (exact) mass is 375 g/mol. The molecule has 0 heterocycles. The van der Waals surface area contributed by atoms with Gasteiger partial charge in [0.15, 0.2) is 0 Å². The number of carbonyl (C=O) groups is 2. The van der Waals surface area contributed by atoms with Crippen LogP contribution < -0.4 is 5.32 Å². The summed E-state index contributed by atoms with van der Waals surface area (Å²) in [6.45, 7) is 2.78. The number of alkyl carbamates (subject to hydrolysis) is 1. The second kappa shape index (κ2) is 12.1. The van der Waals surface area contributed by atoms with E-state index in [2.05, 4.69) is 5.32 Å². The van der Waals surface area contributed by atoms with Crippen LogP contribution in [0.15, 0.2) is 12.2 Å². The predicted molar refractivity (Wildman–Crippen MR) is 96.7 cm³/mol. The van der Waals surface area contributed by atoms with Gasteiger partial charge in [-0.3, -0.25) is 4.79 Å². The number of rotatable bonds is 11. The van der Waals surface area contributed by atoms with Crippen LogP contribution in [0.2, 0.25) is 0 Å². The van der Waals surface area contributed by atoms with Crippen LogP contribution >= 0.6 is 11.6 Å². The van der Waals surface area contributed by atoms with E-state index in [0.29, 0.717) is 32.2 Å². The lowest BCUT2D eigenvalue weighted by Gasteiger charge is -2.22. The normalized spacial score (nSPS) is 26.0. The average molecular weight is 376 g/mol. The van der Waals surface area contributed by atoms with Crippen molar-refractivity contribution < 1.29 is 24.5 Å². The molecule has 3 N–H and O–H groups in total. The molecule has 25 heavy (non-hydrogen) atoms. The number of hydrogen-bond acceptors (Lipinski definition) is 4. The molecule has 6 nitrogen and oxygen atoms in total. The molecule has 0 aliphatic heterocycles. The third kappa shape index (κ3) is 8.59.